The molecule has 0 unspecified atom stereocenters. The molecule has 2 rings (SSSR count). The van der Waals surface area contributed by atoms with E-state index in [9.17, 15) is 4.39 Å². The van der Waals surface area contributed by atoms with Crippen LogP contribution in [0.15, 0.2) is 24.5 Å². The monoisotopic (exact) mass is 233 g/mol. The van der Waals surface area contributed by atoms with Crippen molar-refractivity contribution in [3.8, 4) is 5.69 Å². The lowest BCUT2D eigenvalue weighted by molar-refractivity contribution is 0.609. The van der Waals surface area contributed by atoms with Gasteiger partial charge in [-0.1, -0.05) is 12.1 Å². The molecule has 0 radical (unpaired) electrons. The first-order valence-electron chi connectivity index (χ1n) is 5.57. The smallest absolute Gasteiger partial charge is 0.147 e. The maximum atomic E-state index is 14.0. The molecule has 3 nitrogen and oxygen atoms in total. The van der Waals surface area contributed by atoms with Crippen molar-refractivity contribution in [1.29, 1.82) is 0 Å². The third-order valence-corrected chi connectivity index (χ3v) is 3.00. The molecular formula is C13H16FN3. The maximum absolute atomic E-state index is 14.0. The number of hydrogen-bond acceptors (Lipinski definition) is 2. The summed E-state index contributed by atoms with van der Waals surface area (Å²) in [5.41, 5.74) is 8.98. The van der Waals surface area contributed by atoms with Gasteiger partial charge in [0.15, 0.2) is 0 Å². The molecule has 0 aliphatic heterocycles. The van der Waals surface area contributed by atoms with Gasteiger partial charge in [-0.25, -0.2) is 9.37 Å². The van der Waals surface area contributed by atoms with Crippen LogP contribution in [0.4, 0.5) is 4.39 Å². The van der Waals surface area contributed by atoms with E-state index < -0.39 is 0 Å². The zero-order valence-corrected chi connectivity index (χ0v) is 10.2. The van der Waals surface area contributed by atoms with Gasteiger partial charge in [0.05, 0.1) is 17.7 Å². The molecule has 0 fully saturated rings. The van der Waals surface area contributed by atoms with E-state index in [0.29, 0.717) is 5.69 Å². The van der Waals surface area contributed by atoms with Crippen molar-refractivity contribution in [3.05, 3.63) is 47.3 Å². The van der Waals surface area contributed by atoms with E-state index in [0.717, 1.165) is 17.0 Å². The van der Waals surface area contributed by atoms with Crippen LogP contribution in [-0.2, 0) is 0 Å². The third-order valence-electron chi connectivity index (χ3n) is 3.00. The van der Waals surface area contributed by atoms with Crippen LogP contribution in [-0.4, -0.2) is 9.55 Å². The molecule has 0 spiro atoms. The summed E-state index contributed by atoms with van der Waals surface area (Å²) >= 11 is 0. The Labute approximate surface area is 100 Å². The second kappa shape index (κ2) is 4.30. The number of benzene rings is 1. The van der Waals surface area contributed by atoms with E-state index in [-0.39, 0.29) is 11.9 Å². The number of nitrogens with two attached hydrogens (primary N) is 1. The fraction of sp³-hybridized carbons (Fsp3) is 0.308. The highest BCUT2D eigenvalue weighted by Gasteiger charge is 2.15. The molecule has 4 heteroatoms. The fourth-order valence-corrected chi connectivity index (χ4v) is 1.88. The topological polar surface area (TPSA) is 43.8 Å². The molecule has 0 aliphatic carbocycles. The van der Waals surface area contributed by atoms with Crippen LogP contribution in [0.25, 0.3) is 5.69 Å². The standard InChI is InChI=1S/C13H16FN3/c1-8(15)11-5-4-6-12(14)13(11)17-7-16-9(2)10(17)3/h4-8H,15H2,1-3H3/t8-/m1/s1. The lowest BCUT2D eigenvalue weighted by atomic mass is 10.1. The van der Waals surface area contributed by atoms with Crippen LogP contribution >= 0.6 is 0 Å². The summed E-state index contributed by atoms with van der Waals surface area (Å²) in [6.07, 6.45) is 1.63. The van der Waals surface area contributed by atoms with Crippen LogP contribution in [0.3, 0.4) is 0 Å². The molecule has 1 aromatic heterocycles. The highest BCUT2D eigenvalue weighted by Crippen LogP contribution is 2.25. The van der Waals surface area contributed by atoms with Gasteiger partial charge < -0.3 is 10.3 Å². The molecule has 0 amide bonds. The summed E-state index contributed by atoms with van der Waals surface area (Å²) in [5, 5.41) is 0. The normalized spacial score (nSPS) is 12.8. The van der Waals surface area contributed by atoms with Crippen LogP contribution in [0, 0.1) is 19.7 Å². The number of rotatable bonds is 2. The summed E-state index contributed by atoms with van der Waals surface area (Å²) in [4.78, 5) is 4.19. The Kier molecular flexibility index (Phi) is 2.98. The second-order valence-corrected chi connectivity index (χ2v) is 4.25. The first-order valence-corrected chi connectivity index (χ1v) is 5.57. The molecule has 0 saturated carbocycles. The van der Waals surface area contributed by atoms with Gasteiger partial charge in [-0.15, -0.1) is 0 Å². The predicted molar refractivity (Wildman–Crippen MR) is 65.6 cm³/mol. The molecule has 0 saturated heterocycles. The minimum absolute atomic E-state index is 0.220. The molecule has 2 aromatic rings. The van der Waals surface area contributed by atoms with Gasteiger partial charge in [0.25, 0.3) is 0 Å². The predicted octanol–water partition coefficient (Wildman–Crippen LogP) is 2.65. The van der Waals surface area contributed by atoms with Crippen molar-refractivity contribution < 1.29 is 4.39 Å². The van der Waals surface area contributed by atoms with Gasteiger partial charge in [0, 0.05) is 11.7 Å². The van der Waals surface area contributed by atoms with Gasteiger partial charge in [0.1, 0.15) is 5.82 Å². The third kappa shape index (κ3) is 1.96. The Morgan fingerprint density at radius 1 is 1.35 bits per heavy atom. The SMILES string of the molecule is Cc1ncn(-c2c(F)cccc2[C@@H](C)N)c1C. The number of nitrogens with zero attached hydrogens (tertiary/aromatic N) is 2. The number of hydrogen-bond donors (Lipinski definition) is 1. The Bertz CT molecular complexity index is 544. The van der Waals surface area contributed by atoms with E-state index in [2.05, 4.69) is 4.98 Å². The van der Waals surface area contributed by atoms with Gasteiger partial charge >= 0.3 is 0 Å². The van der Waals surface area contributed by atoms with E-state index in [4.69, 9.17) is 5.73 Å². The zero-order chi connectivity index (χ0) is 12.6. The van der Waals surface area contributed by atoms with Gasteiger partial charge in [-0.05, 0) is 32.4 Å². The van der Waals surface area contributed by atoms with Crippen LogP contribution in [0.1, 0.15) is 29.9 Å². The van der Waals surface area contributed by atoms with Gasteiger partial charge in [-0.2, -0.15) is 0 Å². The van der Waals surface area contributed by atoms with E-state index in [1.165, 1.54) is 6.07 Å². The molecule has 2 N–H and O–H groups in total. The average Bonchev–Trinajstić information content (AvgIpc) is 2.60. The molecule has 1 aromatic carbocycles. The van der Waals surface area contributed by atoms with Crippen molar-refractivity contribution in [2.45, 2.75) is 26.8 Å². The Morgan fingerprint density at radius 2 is 2.06 bits per heavy atom. The maximum Gasteiger partial charge on any atom is 0.147 e. The van der Waals surface area contributed by atoms with Crippen LogP contribution < -0.4 is 5.73 Å². The summed E-state index contributed by atoms with van der Waals surface area (Å²) < 4.78 is 15.7. The number of imidazole rings is 1. The summed E-state index contributed by atoms with van der Waals surface area (Å²) in [7, 11) is 0. The molecule has 1 atom stereocenters. The summed E-state index contributed by atoms with van der Waals surface area (Å²) in [5.74, 6) is -0.277. The molecule has 90 valence electrons. The van der Waals surface area contributed by atoms with E-state index in [1.54, 1.807) is 17.0 Å². The second-order valence-electron chi connectivity index (χ2n) is 4.25. The van der Waals surface area contributed by atoms with Crippen molar-refractivity contribution in [2.75, 3.05) is 0 Å². The van der Waals surface area contributed by atoms with Gasteiger partial charge in [-0.3, -0.25) is 0 Å². The van der Waals surface area contributed by atoms with Crippen molar-refractivity contribution in [2.24, 2.45) is 5.73 Å². The number of aryl methyl sites for hydroxylation is 1. The van der Waals surface area contributed by atoms with E-state index >= 15 is 0 Å². The number of aromatic nitrogens is 2. The lowest BCUT2D eigenvalue weighted by Gasteiger charge is -2.15. The minimum Gasteiger partial charge on any atom is -0.324 e. The molecular weight excluding hydrogens is 217 g/mol. The summed E-state index contributed by atoms with van der Waals surface area (Å²) in [6.45, 7) is 5.66. The highest BCUT2D eigenvalue weighted by molar-refractivity contribution is 5.45. The van der Waals surface area contributed by atoms with Crippen LogP contribution in [0.5, 0.6) is 0 Å². The van der Waals surface area contributed by atoms with Crippen molar-refractivity contribution >= 4 is 0 Å². The molecule has 1 heterocycles. The quantitative estimate of drug-likeness (QED) is 0.866. The Balaban J connectivity index is 2.70. The first-order chi connectivity index (χ1) is 8.02. The highest BCUT2D eigenvalue weighted by atomic mass is 19.1. The van der Waals surface area contributed by atoms with Crippen LogP contribution in [0.2, 0.25) is 0 Å². The Morgan fingerprint density at radius 3 is 2.59 bits per heavy atom. The first kappa shape index (κ1) is 11.8. The molecule has 0 bridgehead atoms. The zero-order valence-electron chi connectivity index (χ0n) is 10.2. The van der Waals surface area contributed by atoms with E-state index in [1.807, 2.05) is 26.8 Å². The van der Waals surface area contributed by atoms with Crippen molar-refractivity contribution in [3.63, 3.8) is 0 Å². The minimum atomic E-state index is -0.277. The number of halogens is 1. The molecule has 17 heavy (non-hydrogen) atoms. The number of para-hydroxylation sites is 1. The lowest BCUT2D eigenvalue weighted by Crippen LogP contribution is -2.11. The average molecular weight is 233 g/mol. The van der Waals surface area contributed by atoms with Gasteiger partial charge in [0.2, 0.25) is 0 Å². The molecule has 0 aliphatic rings. The summed E-state index contributed by atoms with van der Waals surface area (Å²) in [6, 6.07) is 4.74. The fourth-order valence-electron chi connectivity index (χ4n) is 1.88. The van der Waals surface area contributed by atoms with Crippen molar-refractivity contribution in [1.82, 2.24) is 9.55 Å². The largest absolute Gasteiger partial charge is 0.324 e. The Hall–Kier alpha value is -1.68.